The molecule has 0 aliphatic rings. The summed E-state index contributed by atoms with van der Waals surface area (Å²) in [6.45, 7) is 1.72. The molecule has 1 rings (SSSR count). The van der Waals surface area contributed by atoms with Gasteiger partial charge < -0.3 is 4.74 Å². The van der Waals surface area contributed by atoms with Crippen molar-refractivity contribution in [1.29, 1.82) is 5.26 Å². The van der Waals surface area contributed by atoms with Gasteiger partial charge in [-0.2, -0.15) is 5.26 Å². The molecule has 3 nitrogen and oxygen atoms in total. The number of carbonyl (C=O) groups excluding carboxylic acids is 1. The number of halogens is 2. The number of rotatable bonds is 3. The second kappa shape index (κ2) is 5.39. The van der Waals surface area contributed by atoms with E-state index in [0.29, 0.717) is 12.0 Å². The van der Waals surface area contributed by atoms with Gasteiger partial charge in [-0.25, -0.2) is 13.6 Å². The Balaban J connectivity index is 3.48. The van der Waals surface area contributed by atoms with Crippen molar-refractivity contribution in [2.75, 3.05) is 7.11 Å². The van der Waals surface area contributed by atoms with E-state index in [4.69, 9.17) is 5.26 Å². The molecule has 0 unspecified atom stereocenters. The standard InChI is InChI=1S/C12H11F2NO2/c1-3-7-4-8(11(13)14)5-9(6-15)10(7)12(16)17-2/h4-5,11H,3H2,1-2H3. The van der Waals surface area contributed by atoms with Crippen LogP contribution in [-0.4, -0.2) is 13.1 Å². The lowest BCUT2D eigenvalue weighted by Crippen LogP contribution is -2.09. The van der Waals surface area contributed by atoms with Crippen LogP contribution in [0, 0.1) is 11.3 Å². The van der Waals surface area contributed by atoms with Gasteiger partial charge in [0, 0.05) is 5.56 Å². The third-order valence-corrected chi connectivity index (χ3v) is 2.39. The van der Waals surface area contributed by atoms with E-state index in [-0.39, 0.29) is 16.7 Å². The number of hydrogen-bond donors (Lipinski definition) is 0. The highest BCUT2D eigenvalue weighted by Gasteiger charge is 2.20. The molecule has 0 aliphatic heterocycles. The average Bonchev–Trinajstić information content (AvgIpc) is 2.35. The molecule has 0 amide bonds. The highest BCUT2D eigenvalue weighted by atomic mass is 19.3. The summed E-state index contributed by atoms with van der Waals surface area (Å²) in [6.07, 6.45) is -2.29. The van der Waals surface area contributed by atoms with Crippen LogP contribution in [0.2, 0.25) is 0 Å². The Morgan fingerprint density at radius 3 is 2.59 bits per heavy atom. The van der Waals surface area contributed by atoms with Crippen LogP contribution >= 0.6 is 0 Å². The second-order valence-electron chi connectivity index (χ2n) is 3.36. The van der Waals surface area contributed by atoms with Crippen LogP contribution in [0.25, 0.3) is 0 Å². The van der Waals surface area contributed by atoms with E-state index in [9.17, 15) is 13.6 Å². The summed E-state index contributed by atoms with van der Waals surface area (Å²) < 4.78 is 29.7. The van der Waals surface area contributed by atoms with Crippen molar-refractivity contribution in [3.8, 4) is 6.07 Å². The van der Waals surface area contributed by atoms with Crippen LogP contribution < -0.4 is 0 Å². The van der Waals surface area contributed by atoms with Gasteiger partial charge >= 0.3 is 5.97 Å². The normalized spacial score (nSPS) is 10.1. The molecule has 0 aliphatic carbocycles. The zero-order valence-corrected chi connectivity index (χ0v) is 9.46. The number of ether oxygens (including phenoxy) is 1. The smallest absolute Gasteiger partial charge is 0.339 e. The molecule has 0 radical (unpaired) electrons. The quantitative estimate of drug-likeness (QED) is 0.762. The maximum atomic E-state index is 12.6. The van der Waals surface area contributed by atoms with Crippen molar-refractivity contribution < 1.29 is 18.3 Å². The van der Waals surface area contributed by atoms with Crippen LogP contribution in [0.3, 0.4) is 0 Å². The van der Waals surface area contributed by atoms with Crippen molar-refractivity contribution in [1.82, 2.24) is 0 Å². The number of carbonyl (C=O) groups is 1. The maximum Gasteiger partial charge on any atom is 0.339 e. The molecule has 0 N–H and O–H groups in total. The van der Waals surface area contributed by atoms with E-state index in [1.807, 2.05) is 0 Å². The lowest BCUT2D eigenvalue weighted by Gasteiger charge is -2.10. The molecule has 1 aromatic rings. The zero-order valence-electron chi connectivity index (χ0n) is 9.46. The molecule has 5 heteroatoms. The van der Waals surface area contributed by atoms with E-state index < -0.39 is 12.4 Å². The molecule has 0 fully saturated rings. The fourth-order valence-electron chi connectivity index (χ4n) is 1.56. The fraction of sp³-hybridized carbons (Fsp3) is 0.333. The van der Waals surface area contributed by atoms with Gasteiger partial charge in [-0.1, -0.05) is 6.92 Å². The Labute approximate surface area is 97.6 Å². The summed E-state index contributed by atoms with van der Waals surface area (Å²) in [7, 11) is 1.18. The van der Waals surface area contributed by atoms with Crippen molar-refractivity contribution in [3.63, 3.8) is 0 Å². The molecule has 0 aromatic heterocycles. The largest absolute Gasteiger partial charge is 0.465 e. The van der Waals surface area contributed by atoms with Gasteiger partial charge in [-0.15, -0.1) is 0 Å². The van der Waals surface area contributed by atoms with Crippen LogP contribution in [-0.2, 0) is 11.2 Å². The molecular formula is C12H11F2NO2. The van der Waals surface area contributed by atoms with Gasteiger partial charge in [0.2, 0.25) is 0 Å². The van der Waals surface area contributed by atoms with Gasteiger partial charge in [0.25, 0.3) is 6.43 Å². The lowest BCUT2D eigenvalue weighted by atomic mass is 9.96. The highest BCUT2D eigenvalue weighted by molar-refractivity contribution is 5.94. The number of aryl methyl sites for hydroxylation is 1. The number of esters is 1. The highest BCUT2D eigenvalue weighted by Crippen LogP contribution is 2.25. The predicted octanol–water partition coefficient (Wildman–Crippen LogP) is 2.84. The number of benzene rings is 1. The van der Waals surface area contributed by atoms with Gasteiger partial charge in [0.05, 0.1) is 18.2 Å². The number of alkyl halides is 2. The van der Waals surface area contributed by atoms with E-state index in [1.165, 1.54) is 13.2 Å². The van der Waals surface area contributed by atoms with Gasteiger partial charge in [0.1, 0.15) is 6.07 Å². The Hall–Kier alpha value is -1.96. The van der Waals surface area contributed by atoms with E-state index in [1.54, 1.807) is 13.0 Å². The fourth-order valence-corrected chi connectivity index (χ4v) is 1.56. The van der Waals surface area contributed by atoms with E-state index >= 15 is 0 Å². The van der Waals surface area contributed by atoms with Crippen molar-refractivity contribution >= 4 is 5.97 Å². The molecule has 0 heterocycles. The molecule has 0 spiro atoms. The first-order chi connectivity index (χ1) is 8.04. The maximum absolute atomic E-state index is 12.6. The first kappa shape index (κ1) is 13.1. The number of methoxy groups -OCH3 is 1. The minimum atomic E-state index is -2.67. The van der Waals surface area contributed by atoms with Gasteiger partial charge in [-0.05, 0) is 24.1 Å². The Bertz CT molecular complexity index is 478. The van der Waals surface area contributed by atoms with Gasteiger partial charge in [0.15, 0.2) is 0 Å². The topological polar surface area (TPSA) is 50.1 Å². The van der Waals surface area contributed by atoms with Crippen molar-refractivity contribution in [2.45, 2.75) is 19.8 Å². The average molecular weight is 239 g/mol. The van der Waals surface area contributed by atoms with Crippen molar-refractivity contribution in [2.24, 2.45) is 0 Å². The zero-order chi connectivity index (χ0) is 13.0. The molecule has 90 valence electrons. The number of nitrogens with zero attached hydrogens (tertiary/aromatic N) is 1. The van der Waals surface area contributed by atoms with Crippen LogP contribution in [0.15, 0.2) is 12.1 Å². The Morgan fingerprint density at radius 1 is 1.53 bits per heavy atom. The van der Waals surface area contributed by atoms with Crippen LogP contribution in [0.1, 0.15) is 40.4 Å². The lowest BCUT2D eigenvalue weighted by molar-refractivity contribution is 0.0598. The molecule has 0 saturated carbocycles. The third-order valence-electron chi connectivity index (χ3n) is 2.39. The Morgan fingerprint density at radius 2 is 2.18 bits per heavy atom. The summed E-state index contributed by atoms with van der Waals surface area (Å²) in [6, 6.07) is 4.00. The monoisotopic (exact) mass is 239 g/mol. The summed E-state index contributed by atoms with van der Waals surface area (Å²) in [4.78, 5) is 11.5. The third kappa shape index (κ3) is 2.59. The molecule has 0 atom stereocenters. The van der Waals surface area contributed by atoms with Crippen LogP contribution in [0.4, 0.5) is 8.78 Å². The summed E-state index contributed by atoms with van der Waals surface area (Å²) >= 11 is 0. The minimum Gasteiger partial charge on any atom is -0.465 e. The molecule has 0 saturated heterocycles. The molecule has 17 heavy (non-hydrogen) atoms. The SMILES string of the molecule is CCc1cc(C(F)F)cc(C#N)c1C(=O)OC. The van der Waals surface area contributed by atoms with Crippen molar-refractivity contribution in [3.05, 3.63) is 34.4 Å². The van der Waals surface area contributed by atoms with E-state index in [2.05, 4.69) is 4.74 Å². The second-order valence-corrected chi connectivity index (χ2v) is 3.36. The minimum absolute atomic E-state index is 0.0712. The molecular weight excluding hydrogens is 228 g/mol. The van der Waals surface area contributed by atoms with Crippen LogP contribution in [0.5, 0.6) is 0 Å². The number of hydrogen-bond acceptors (Lipinski definition) is 3. The first-order valence-corrected chi connectivity index (χ1v) is 4.98. The van der Waals surface area contributed by atoms with Gasteiger partial charge in [-0.3, -0.25) is 0 Å². The molecule has 0 bridgehead atoms. The van der Waals surface area contributed by atoms with E-state index in [0.717, 1.165) is 6.07 Å². The summed E-state index contributed by atoms with van der Waals surface area (Å²) in [5.41, 5.74) is 0.130. The number of nitriles is 1. The predicted molar refractivity (Wildman–Crippen MR) is 56.8 cm³/mol. The molecule has 1 aromatic carbocycles. The Kier molecular flexibility index (Phi) is 4.16. The summed E-state index contributed by atoms with van der Waals surface area (Å²) in [5.74, 6) is -0.681. The summed E-state index contributed by atoms with van der Waals surface area (Å²) in [5, 5.41) is 8.89. The first-order valence-electron chi connectivity index (χ1n) is 4.98.